The van der Waals surface area contributed by atoms with Crippen molar-refractivity contribution in [1.82, 2.24) is 5.32 Å². The minimum absolute atomic E-state index is 0.0832. The molecule has 1 heterocycles. The number of anilines is 1. The van der Waals surface area contributed by atoms with Crippen LogP contribution < -0.4 is 10.6 Å². The summed E-state index contributed by atoms with van der Waals surface area (Å²) in [6.45, 7) is 0. The average Bonchev–Trinajstić information content (AvgIpc) is 2.40. The maximum atomic E-state index is 13.3. The molecule has 3 N–H and O–H groups in total. The molecule has 0 unspecified atom stereocenters. The highest BCUT2D eigenvalue weighted by atomic mass is 19.1. The van der Waals surface area contributed by atoms with Crippen molar-refractivity contribution in [2.75, 3.05) is 5.32 Å². The topological polar surface area (TPSA) is 95.5 Å². The second-order valence-electron chi connectivity index (χ2n) is 5.77. The van der Waals surface area contributed by atoms with E-state index >= 15 is 0 Å². The van der Waals surface area contributed by atoms with Crippen LogP contribution in [-0.2, 0) is 14.4 Å². The van der Waals surface area contributed by atoms with E-state index in [1.54, 1.807) is 0 Å². The monoisotopic (exact) mass is 306 g/mol. The quantitative estimate of drug-likeness (QED) is 0.786. The summed E-state index contributed by atoms with van der Waals surface area (Å²) in [6, 6.07) is 3.82. The van der Waals surface area contributed by atoms with Gasteiger partial charge in [-0.05, 0) is 37.0 Å². The number of hydrogen-bond acceptors (Lipinski definition) is 3. The maximum absolute atomic E-state index is 13.3. The lowest BCUT2D eigenvalue weighted by atomic mass is 9.76. The van der Waals surface area contributed by atoms with E-state index in [4.69, 9.17) is 0 Å². The van der Waals surface area contributed by atoms with Crippen LogP contribution in [0.3, 0.4) is 0 Å². The van der Waals surface area contributed by atoms with Gasteiger partial charge in [-0.3, -0.25) is 9.59 Å². The Hall–Kier alpha value is -2.44. The third kappa shape index (κ3) is 2.32. The molecular formula is C15H15FN2O4. The maximum Gasteiger partial charge on any atom is 0.329 e. The van der Waals surface area contributed by atoms with Gasteiger partial charge in [-0.25, -0.2) is 9.18 Å². The minimum Gasteiger partial charge on any atom is -0.480 e. The number of carboxylic acids is 1. The van der Waals surface area contributed by atoms with Gasteiger partial charge in [0.2, 0.25) is 11.8 Å². The van der Waals surface area contributed by atoms with E-state index < -0.39 is 35.1 Å². The van der Waals surface area contributed by atoms with Gasteiger partial charge in [0.1, 0.15) is 11.4 Å². The largest absolute Gasteiger partial charge is 0.480 e. The normalized spacial score (nSPS) is 22.0. The second kappa shape index (κ2) is 5.08. The highest BCUT2D eigenvalue weighted by Gasteiger charge is 2.47. The van der Waals surface area contributed by atoms with Crippen molar-refractivity contribution in [2.45, 2.75) is 37.1 Å². The molecule has 0 bridgehead atoms. The molecule has 1 saturated carbocycles. The number of fused-ring (bicyclic) bond motifs is 1. The van der Waals surface area contributed by atoms with Crippen molar-refractivity contribution in [3.63, 3.8) is 0 Å². The van der Waals surface area contributed by atoms with Gasteiger partial charge in [0, 0.05) is 12.1 Å². The van der Waals surface area contributed by atoms with Crippen LogP contribution in [0.4, 0.5) is 10.1 Å². The van der Waals surface area contributed by atoms with Crippen LogP contribution in [0.1, 0.15) is 37.2 Å². The lowest BCUT2D eigenvalue weighted by Crippen LogP contribution is -2.60. The lowest BCUT2D eigenvalue weighted by Gasteiger charge is -2.39. The van der Waals surface area contributed by atoms with Crippen LogP contribution in [-0.4, -0.2) is 28.4 Å². The molecule has 2 amide bonds. The third-order valence-corrected chi connectivity index (χ3v) is 4.35. The van der Waals surface area contributed by atoms with Gasteiger partial charge in [0.25, 0.3) is 0 Å². The molecule has 1 aromatic rings. The first-order valence-corrected chi connectivity index (χ1v) is 7.06. The van der Waals surface area contributed by atoms with Crippen LogP contribution in [0.15, 0.2) is 18.2 Å². The molecule has 116 valence electrons. The Labute approximate surface area is 125 Å². The van der Waals surface area contributed by atoms with Gasteiger partial charge in [-0.2, -0.15) is 0 Å². The Morgan fingerprint density at radius 3 is 2.68 bits per heavy atom. The van der Waals surface area contributed by atoms with E-state index in [0.29, 0.717) is 18.4 Å². The summed E-state index contributed by atoms with van der Waals surface area (Å²) < 4.78 is 13.3. The highest BCUT2D eigenvalue weighted by molar-refractivity contribution is 6.02. The molecule has 1 atom stereocenters. The Morgan fingerprint density at radius 1 is 1.36 bits per heavy atom. The average molecular weight is 306 g/mol. The molecular weight excluding hydrogens is 291 g/mol. The number of carbonyl (C=O) groups is 3. The summed E-state index contributed by atoms with van der Waals surface area (Å²) in [5.41, 5.74) is -0.474. The standard InChI is InChI=1S/C15H15FN2O4/c16-8-2-3-9-10(7-12(19)17-11(9)6-8)13(20)18-15(14(21)22)4-1-5-15/h2-3,6,10H,1,4-5,7H2,(H,17,19)(H,18,20)(H,21,22)/t10-/m0/s1. The zero-order valence-electron chi connectivity index (χ0n) is 11.7. The molecule has 0 spiro atoms. The van der Waals surface area contributed by atoms with Crippen LogP contribution in [0.5, 0.6) is 0 Å². The molecule has 3 rings (SSSR count). The zero-order chi connectivity index (χ0) is 15.9. The Bertz CT molecular complexity index is 670. The Kier molecular flexibility index (Phi) is 3.35. The third-order valence-electron chi connectivity index (χ3n) is 4.35. The van der Waals surface area contributed by atoms with Gasteiger partial charge in [0.15, 0.2) is 0 Å². The fourth-order valence-electron chi connectivity index (χ4n) is 2.92. The van der Waals surface area contributed by atoms with Crippen molar-refractivity contribution in [1.29, 1.82) is 0 Å². The van der Waals surface area contributed by atoms with E-state index in [1.165, 1.54) is 12.1 Å². The molecule has 0 radical (unpaired) electrons. The summed E-state index contributed by atoms with van der Waals surface area (Å²) in [7, 11) is 0. The van der Waals surface area contributed by atoms with Crippen molar-refractivity contribution in [3.8, 4) is 0 Å². The first kappa shape index (κ1) is 14.5. The van der Waals surface area contributed by atoms with Crippen LogP contribution >= 0.6 is 0 Å². The lowest BCUT2D eigenvalue weighted by molar-refractivity contribution is -0.152. The Morgan fingerprint density at radius 2 is 2.09 bits per heavy atom. The molecule has 0 saturated heterocycles. The SMILES string of the molecule is O=C1C[C@H](C(=O)NC2(C(=O)O)CCC2)c2ccc(F)cc2N1. The predicted molar refractivity (Wildman–Crippen MR) is 74.7 cm³/mol. The van der Waals surface area contributed by atoms with Gasteiger partial charge < -0.3 is 15.7 Å². The number of carbonyl (C=O) groups excluding carboxylic acids is 2. The summed E-state index contributed by atoms with van der Waals surface area (Å²) in [4.78, 5) is 35.5. The molecule has 1 fully saturated rings. The number of halogens is 1. The molecule has 1 aliphatic heterocycles. The van der Waals surface area contributed by atoms with E-state index in [2.05, 4.69) is 10.6 Å². The van der Waals surface area contributed by atoms with E-state index in [9.17, 15) is 23.9 Å². The number of carboxylic acid groups (broad SMARTS) is 1. The molecule has 7 heteroatoms. The molecule has 1 aliphatic carbocycles. The molecule has 2 aliphatic rings. The molecule has 0 aromatic heterocycles. The van der Waals surface area contributed by atoms with Crippen molar-refractivity contribution in [2.24, 2.45) is 0 Å². The second-order valence-corrected chi connectivity index (χ2v) is 5.77. The minimum atomic E-state index is -1.23. The molecule has 22 heavy (non-hydrogen) atoms. The summed E-state index contributed by atoms with van der Waals surface area (Å²) in [5.74, 6) is -3.28. The van der Waals surface area contributed by atoms with Gasteiger partial charge >= 0.3 is 5.97 Å². The number of hydrogen-bond donors (Lipinski definition) is 3. The van der Waals surface area contributed by atoms with Crippen molar-refractivity contribution < 1.29 is 23.9 Å². The zero-order valence-corrected chi connectivity index (χ0v) is 11.7. The van der Waals surface area contributed by atoms with E-state index in [1.807, 2.05) is 0 Å². The summed E-state index contributed by atoms with van der Waals surface area (Å²) in [6.07, 6.45) is 1.41. The van der Waals surface area contributed by atoms with Gasteiger partial charge in [0.05, 0.1) is 5.92 Å². The van der Waals surface area contributed by atoms with Gasteiger partial charge in [-0.15, -0.1) is 0 Å². The van der Waals surface area contributed by atoms with Crippen LogP contribution in [0, 0.1) is 5.82 Å². The molecule has 6 nitrogen and oxygen atoms in total. The number of aliphatic carboxylic acids is 1. The number of nitrogens with one attached hydrogen (secondary N) is 2. The number of rotatable bonds is 3. The fraction of sp³-hybridized carbons (Fsp3) is 0.400. The van der Waals surface area contributed by atoms with Crippen molar-refractivity contribution >= 4 is 23.5 Å². The molecule has 1 aromatic carbocycles. The smallest absolute Gasteiger partial charge is 0.329 e. The van der Waals surface area contributed by atoms with Gasteiger partial charge in [-0.1, -0.05) is 6.07 Å². The van der Waals surface area contributed by atoms with Crippen LogP contribution in [0.25, 0.3) is 0 Å². The first-order valence-electron chi connectivity index (χ1n) is 7.06. The van der Waals surface area contributed by atoms with Crippen molar-refractivity contribution in [3.05, 3.63) is 29.6 Å². The summed E-state index contributed by atoms with van der Waals surface area (Å²) >= 11 is 0. The first-order chi connectivity index (χ1) is 10.4. The Balaban J connectivity index is 1.87. The van der Waals surface area contributed by atoms with E-state index in [0.717, 1.165) is 12.5 Å². The highest BCUT2D eigenvalue weighted by Crippen LogP contribution is 2.36. The summed E-state index contributed by atoms with van der Waals surface area (Å²) in [5, 5.41) is 14.4. The predicted octanol–water partition coefficient (Wildman–Crippen LogP) is 1.37. The number of benzene rings is 1. The number of amides is 2. The fourth-order valence-corrected chi connectivity index (χ4v) is 2.92. The van der Waals surface area contributed by atoms with E-state index in [-0.39, 0.29) is 12.1 Å². The van der Waals surface area contributed by atoms with Crippen LogP contribution in [0.2, 0.25) is 0 Å².